The molecule has 0 amide bonds. The molecule has 1 aliphatic rings. The number of hydrogen-bond acceptors (Lipinski definition) is 2. The van der Waals surface area contributed by atoms with Crippen molar-refractivity contribution in [3.8, 4) is 0 Å². The van der Waals surface area contributed by atoms with E-state index < -0.39 is 0 Å². The highest BCUT2D eigenvalue weighted by Crippen LogP contribution is 2.39. The van der Waals surface area contributed by atoms with Crippen molar-refractivity contribution in [2.45, 2.75) is 46.1 Å². The maximum Gasteiger partial charge on any atom is 0.0341 e. The Morgan fingerprint density at radius 3 is 2.47 bits per heavy atom. The fourth-order valence-electron chi connectivity index (χ4n) is 3.38. The Bertz CT molecular complexity index is 365. The van der Waals surface area contributed by atoms with Crippen LogP contribution in [0.4, 0.5) is 0 Å². The molecule has 1 aromatic rings. The highest BCUT2D eigenvalue weighted by Gasteiger charge is 2.29. The molecule has 2 heteroatoms. The number of rotatable bonds is 2. The highest BCUT2D eigenvalue weighted by atomic mass is 14.7. The summed E-state index contributed by atoms with van der Waals surface area (Å²) in [5, 5.41) is 0. The van der Waals surface area contributed by atoms with Gasteiger partial charge < -0.3 is 5.73 Å². The number of nitrogens with zero attached hydrogens (tertiary/aromatic N) is 1. The van der Waals surface area contributed by atoms with E-state index in [1.165, 1.54) is 30.4 Å². The van der Waals surface area contributed by atoms with Crippen molar-refractivity contribution in [1.29, 1.82) is 0 Å². The molecule has 1 saturated carbocycles. The molecule has 0 aliphatic heterocycles. The van der Waals surface area contributed by atoms with Gasteiger partial charge in [-0.2, -0.15) is 0 Å². The van der Waals surface area contributed by atoms with Crippen molar-refractivity contribution in [2.24, 2.45) is 23.5 Å². The molecule has 0 bridgehead atoms. The molecule has 1 heterocycles. The number of nitrogens with two attached hydrogens (primary N) is 1. The Morgan fingerprint density at radius 1 is 1.24 bits per heavy atom. The van der Waals surface area contributed by atoms with Crippen LogP contribution in [-0.2, 0) is 0 Å². The largest absolute Gasteiger partial charge is 0.324 e. The summed E-state index contributed by atoms with van der Waals surface area (Å²) in [5.41, 5.74) is 8.97. The van der Waals surface area contributed by atoms with E-state index in [1.54, 1.807) is 0 Å². The third-order valence-corrected chi connectivity index (χ3v) is 4.16. The summed E-state index contributed by atoms with van der Waals surface area (Å²) in [4.78, 5) is 4.22. The summed E-state index contributed by atoms with van der Waals surface area (Å²) in [7, 11) is 0. The van der Waals surface area contributed by atoms with Crippen LogP contribution >= 0.6 is 0 Å². The highest BCUT2D eigenvalue weighted by molar-refractivity contribution is 5.25. The van der Waals surface area contributed by atoms with Crippen LogP contribution in [0.2, 0.25) is 0 Å². The number of pyridine rings is 1. The van der Waals surface area contributed by atoms with Gasteiger partial charge >= 0.3 is 0 Å². The molecule has 0 spiro atoms. The molecule has 0 radical (unpaired) electrons. The molecule has 2 nitrogen and oxygen atoms in total. The fraction of sp³-hybridized carbons (Fsp3) is 0.667. The lowest BCUT2D eigenvalue weighted by Gasteiger charge is -2.35. The first-order chi connectivity index (χ1) is 8.08. The van der Waals surface area contributed by atoms with Gasteiger partial charge in [0.05, 0.1) is 0 Å². The predicted octanol–water partition coefficient (Wildman–Crippen LogP) is 3.46. The quantitative estimate of drug-likeness (QED) is 0.848. The molecular weight excluding hydrogens is 208 g/mol. The molecule has 94 valence electrons. The monoisotopic (exact) mass is 232 g/mol. The van der Waals surface area contributed by atoms with Crippen molar-refractivity contribution in [3.05, 3.63) is 29.6 Å². The van der Waals surface area contributed by atoms with Crippen LogP contribution in [0.3, 0.4) is 0 Å². The minimum absolute atomic E-state index is 0.161. The van der Waals surface area contributed by atoms with E-state index in [4.69, 9.17) is 5.73 Å². The van der Waals surface area contributed by atoms with Crippen LogP contribution in [-0.4, -0.2) is 4.98 Å². The predicted molar refractivity (Wildman–Crippen MR) is 71.6 cm³/mol. The van der Waals surface area contributed by atoms with Gasteiger partial charge in [0.15, 0.2) is 0 Å². The lowest BCUT2D eigenvalue weighted by atomic mass is 9.72. The maximum absolute atomic E-state index is 6.46. The van der Waals surface area contributed by atoms with Crippen molar-refractivity contribution in [3.63, 3.8) is 0 Å². The van der Waals surface area contributed by atoms with Gasteiger partial charge in [-0.25, -0.2) is 0 Å². The molecule has 0 aromatic carbocycles. The third kappa shape index (κ3) is 2.86. The Hall–Kier alpha value is -0.890. The van der Waals surface area contributed by atoms with E-state index in [2.05, 4.69) is 31.8 Å². The van der Waals surface area contributed by atoms with Gasteiger partial charge in [0.25, 0.3) is 0 Å². The third-order valence-electron chi connectivity index (χ3n) is 4.16. The first-order valence-corrected chi connectivity index (χ1v) is 6.74. The molecule has 17 heavy (non-hydrogen) atoms. The summed E-state index contributed by atoms with van der Waals surface area (Å²) in [6.45, 7) is 6.84. The summed E-state index contributed by atoms with van der Waals surface area (Å²) in [6, 6.07) is 2.22. The van der Waals surface area contributed by atoms with Crippen molar-refractivity contribution >= 4 is 0 Å². The second kappa shape index (κ2) is 5.18. The van der Waals surface area contributed by atoms with Crippen LogP contribution in [0, 0.1) is 24.7 Å². The SMILES string of the molecule is Cc1ccncc1C(N)C1CC(C)CC(C)C1. The Balaban J connectivity index is 2.14. The molecule has 1 aromatic heterocycles. The van der Waals surface area contributed by atoms with E-state index >= 15 is 0 Å². The smallest absolute Gasteiger partial charge is 0.0341 e. The van der Waals surface area contributed by atoms with Crippen LogP contribution in [0.15, 0.2) is 18.5 Å². The summed E-state index contributed by atoms with van der Waals surface area (Å²) in [6.07, 6.45) is 7.68. The zero-order valence-corrected chi connectivity index (χ0v) is 11.2. The lowest BCUT2D eigenvalue weighted by Crippen LogP contribution is -2.29. The van der Waals surface area contributed by atoms with E-state index in [1.807, 2.05) is 12.4 Å². The topological polar surface area (TPSA) is 38.9 Å². The number of aromatic nitrogens is 1. The van der Waals surface area contributed by atoms with E-state index in [0.29, 0.717) is 5.92 Å². The number of hydrogen-bond donors (Lipinski definition) is 1. The first-order valence-electron chi connectivity index (χ1n) is 6.74. The van der Waals surface area contributed by atoms with E-state index in [-0.39, 0.29) is 6.04 Å². The zero-order valence-electron chi connectivity index (χ0n) is 11.2. The van der Waals surface area contributed by atoms with Crippen molar-refractivity contribution in [2.75, 3.05) is 0 Å². The molecule has 1 aliphatic carbocycles. The van der Waals surface area contributed by atoms with E-state index in [0.717, 1.165) is 11.8 Å². The molecule has 3 atom stereocenters. The summed E-state index contributed by atoms with van der Waals surface area (Å²) >= 11 is 0. The van der Waals surface area contributed by atoms with Gasteiger partial charge in [-0.3, -0.25) is 4.98 Å². The summed E-state index contributed by atoms with van der Waals surface area (Å²) < 4.78 is 0. The van der Waals surface area contributed by atoms with Gasteiger partial charge in [-0.15, -0.1) is 0 Å². The Morgan fingerprint density at radius 2 is 1.88 bits per heavy atom. The average Bonchev–Trinajstić information content (AvgIpc) is 2.27. The van der Waals surface area contributed by atoms with Gasteiger partial charge in [-0.1, -0.05) is 13.8 Å². The number of aryl methyl sites for hydroxylation is 1. The Kier molecular flexibility index (Phi) is 3.82. The minimum Gasteiger partial charge on any atom is -0.324 e. The van der Waals surface area contributed by atoms with Crippen LogP contribution in [0.1, 0.15) is 50.3 Å². The van der Waals surface area contributed by atoms with Crippen LogP contribution < -0.4 is 5.73 Å². The second-order valence-electron chi connectivity index (χ2n) is 5.94. The van der Waals surface area contributed by atoms with Gasteiger partial charge in [0.2, 0.25) is 0 Å². The minimum atomic E-state index is 0.161. The molecule has 2 rings (SSSR count). The van der Waals surface area contributed by atoms with E-state index in [9.17, 15) is 0 Å². The maximum atomic E-state index is 6.46. The van der Waals surface area contributed by atoms with Gasteiger partial charge in [0.1, 0.15) is 0 Å². The van der Waals surface area contributed by atoms with Gasteiger partial charge in [-0.05, 0) is 61.1 Å². The zero-order chi connectivity index (χ0) is 12.4. The van der Waals surface area contributed by atoms with Crippen LogP contribution in [0.25, 0.3) is 0 Å². The van der Waals surface area contributed by atoms with Crippen molar-refractivity contribution in [1.82, 2.24) is 4.98 Å². The Labute approximate surface area is 105 Å². The lowest BCUT2D eigenvalue weighted by molar-refractivity contribution is 0.193. The molecule has 2 N–H and O–H groups in total. The van der Waals surface area contributed by atoms with Crippen molar-refractivity contribution < 1.29 is 0 Å². The normalized spacial score (nSPS) is 31.2. The molecule has 0 saturated heterocycles. The average molecular weight is 232 g/mol. The summed E-state index contributed by atoms with van der Waals surface area (Å²) in [5.74, 6) is 2.25. The second-order valence-corrected chi connectivity index (χ2v) is 5.94. The van der Waals surface area contributed by atoms with Crippen LogP contribution in [0.5, 0.6) is 0 Å². The fourth-order valence-corrected chi connectivity index (χ4v) is 3.38. The molecule has 3 unspecified atom stereocenters. The standard InChI is InChI=1S/C15H24N2/c1-10-6-11(2)8-13(7-10)15(16)14-9-17-5-4-12(14)3/h4-5,9-11,13,15H,6-8,16H2,1-3H3. The molecule has 1 fully saturated rings. The van der Waals surface area contributed by atoms with Gasteiger partial charge in [0, 0.05) is 18.4 Å². The molecular formula is C15H24N2. The first kappa shape index (κ1) is 12.6.